The fourth-order valence-corrected chi connectivity index (χ4v) is 4.61. The summed E-state index contributed by atoms with van der Waals surface area (Å²) in [6.45, 7) is 4.06. The van der Waals surface area contributed by atoms with Gasteiger partial charge < -0.3 is 25.0 Å². The Morgan fingerprint density at radius 3 is 2.68 bits per heavy atom. The lowest BCUT2D eigenvalue weighted by Crippen LogP contribution is -2.40. The second-order valence-electron chi connectivity index (χ2n) is 8.29. The number of hydrogen-bond donors (Lipinski definition) is 2. The van der Waals surface area contributed by atoms with Crippen LogP contribution in [0.1, 0.15) is 23.2 Å². The number of halogens is 2. The largest absolute Gasteiger partial charge is 0.488 e. The van der Waals surface area contributed by atoms with Gasteiger partial charge in [-0.05, 0) is 56.3 Å². The average molecular weight is 502 g/mol. The molecule has 8 nitrogen and oxygen atoms in total. The molecule has 0 aliphatic carbocycles. The van der Waals surface area contributed by atoms with Crippen LogP contribution < -0.4 is 15.4 Å². The summed E-state index contributed by atoms with van der Waals surface area (Å²) in [4.78, 5) is 23.6. The smallest absolute Gasteiger partial charge is 0.255 e. The first-order valence-corrected chi connectivity index (χ1v) is 12.1. The molecule has 0 radical (unpaired) electrons. The van der Waals surface area contributed by atoms with Crippen molar-refractivity contribution in [2.75, 3.05) is 44.7 Å². The van der Waals surface area contributed by atoms with Crippen molar-refractivity contribution in [3.63, 3.8) is 0 Å². The first-order chi connectivity index (χ1) is 16.6. The Morgan fingerprint density at radius 2 is 1.91 bits per heavy atom. The van der Waals surface area contributed by atoms with E-state index in [2.05, 4.69) is 20.6 Å². The van der Waals surface area contributed by atoms with Crippen LogP contribution in [0.4, 0.5) is 11.6 Å². The maximum absolute atomic E-state index is 12.8. The number of aromatic nitrogens is 2. The lowest BCUT2D eigenvalue weighted by atomic mass is 10.1. The number of fused-ring (bicyclic) bond motifs is 1. The number of carbonyl (C=O) groups excluding carboxylic acids is 1. The number of amides is 1. The van der Waals surface area contributed by atoms with Crippen molar-refractivity contribution in [2.24, 2.45) is 0 Å². The van der Waals surface area contributed by atoms with Gasteiger partial charge in [0.15, 0.2) is 0 Å². The predicted molar refractivity (Wildman–Crippen MR) is 133 cm³/mol. The monoisotopic (exact) mass is 501 g/mol. The molecule has 2 aliphatic heterocycles. The SMILES string of the molecule is O=C(c1ccc(Nc2ncc3c(Cl)ccc(OC4CCNCC4)c3n2)cc1Cl)N1CCOCC1. The molecule has 2 N–H and O–H groups in total. The maximum atomic E-state index is 12.8. The van der Waals surface area contributed by atoms with Crippen molar-refractivity contribution in [3.8, 4) is 5.75 Å². The van der Waals surface area contributed by atoms with Gasteiger partial charge in [-0.3, -0.25) is 4.79 Å². The summed E-state index contributed by atoms with van der Waals surface area (Å²) in [5.41, 5.74) is 1.78. The zero-order valence-electron chi connectivity index (χ0n) is 18.5. The average Bonchev–Trinajstić information content (AvgIpc) is 2.87. The van der Waals surface area contributed by atoms with Gasteiger partial charge in [0.25, 0.3) is 5.91 Å². The van der Waals surface area contributed by atoms with Crippen LogP contribution in [0.2, 0.25) is 10.0 Å². The molecule has 0 saturated carbocycles. The van der Waals surface area contributed by atoms with Gasteiger partial charge in [-0.2, -0.15) is 0 Å². The highest BCUT2D eigenvalue weighted by atomic mass is 35.5. The van der Waals surface area contributed by atoms with Crippen LogP contribution in [0.5, 0.6) is 5.75 Å². The van der Waals surface area contributed by atoms with E-state index >= 15 is 0 Å². The Bertz CT molecular complexity index is 1200. The molecule has 2 saturated heterocycles. The molecule has 3 heterocycles. The van der Waals surface area contributed by atoms with Crippen LogP contribution in [-0.2, 0) is 4.74 Å². The molecule has 1 aromatic heterocycles. The van der Waals surface area contributed by atoms with Crippen molar-refractivity contribution >= 4 is 51.6 Å². The van der Waals surface area contributed by atoms with Crippen molar-refractivity contribution in [1.82, 2.24) is 20.2 Å². The van der Waals surface area contributed by atoms with Crippen LogP contribution in [0.15, 0.2) is 36.5 Å². The van der Waals surface area contributed by atoms with E-state index in [1.54, 1.807) is 35.4 Å². The van der Waals surface area contributed by atoms with Crippen LogP contribution >= 0.6 is 23.2 Å². The number of ether oxygens (including phenoxy) is 2. The van der Waals surface area contributed by atoms with Crippen molar-refractivity contribution < 1.29 is 14.3 Å². The molecule has 0 spiro atoms. The summed E-state index contributed by atoms with van der Waals surface area (Å²) < 4.78 is 11.6. The van der Waals surface area contributed by atoms with Crippen molar-refractivity contribution in [1.29, 1.82) is 0 Å². The zero-order valence-corrected chi connectivity index (χ0v) is 20.0. The van der Waals surface area contributed by atoms with E-state index in [1.807, 2.05) is 6.07 Å². The number of nitrogens with zero attached hydrogens (tertiary/aromatic N) is 3. The predicted octanol–water partition coefficient (Wildman–Crippen LogP) is 4.28. The van der Waals surface area contributed by atoms with E-state index in [1.165, 1.54) is 0 Å². The number of anilines is 2. The summed E-state index contributed by atoms with van der Waals surface area (Å²) in [7, 11) is 0. The van der Waals surface area contributed by atoms with E-state index in [0.717, 1.165) is 31.3 Å². The van der Waals surface area contributed by atoms with E-state index in [-0.39, 0.29) is 12.0 Å². The lowest BCUT2D eigenvalue weighted by Gasteiger charge is -2.27. The molecule has 1 amide bonds. The van der Waals surface area contributed by atoms with Crippen molar-refractivity contribution in [2.45, 2.75) is 18.9 Å². The number of morpholine rings is 1. The molecule has 2 fully saturated rings. The summed E-state index contributed by atoms with van der Waals surface area (Å²) in [5.74, 6) is 0.964. The Hall–Kier alpha value is -2.65. The number of piperidine rings is 1. The van der Waals surface area contributed by atoms with Crippen LogP contribution in [-0.4, -0.2) is 66.3 Å². The van der Waals surface area contributed by atoms with Gasteiger partial charge in [-0.25, -0.2) is 9.97 Å². The van der Waals surface area contributed by atoms with Crippen molar-refractivity contribution in [3.05, 3.63) is 52.1 Å². The molecule has 2 aliphatic rings. The number of nitrogens with one attached hydrogen (secondary N) is 2. The van der Waals surface area contributed by atoms with Gasteiger partial charge in [0.2, 0.25) is 5.95 Å². The Balaban J connectivity index is 1.37. The molecule has 34 heavy (non-hydrogen) atoms. The van der Waals surface area contributed by atoms with E-state index in [4.69, 9.17) is 32.7 Å². The zero-order chi connectivity index (χ0) is 23.5. The summed E-state index contributed by atoms with van der Waals surface area (Å²) in [6, 6.07) is 8.86. The molecular formula is C24H25Cl2N5O3. The minimum atomic E-state index is -0.101. The highest BCUT2D eigenvalue weighted by Gasteiger charge is 2.21. The number of hydrogen-bond acceptors (Lipinski definition) is 7. The summed E-state index contributed by atoms with van der Waals surface area (Å²) in [5, 5.41) is 8.16. The molecule has 0 bridgehead atoms. The summed E-state index contributed by atoms with van der Waals surface area (Å²) >= 11 is 12.8. The number of rotatable bonds is 5. The third-order valence-electron chi connectivity index (χ3n) is 5.99. The minimum Gasteiger partial charge on any atom is -0.488 e. The standard InChI is InChI=1S/C24H25Cl2N5O3/c25-19-3-4-21(34-16-5-7-27-8-6-16)22-18(19)14-28-24(30-22)29-15-1-2-17(20(26)13-15)23(32)31-9-11-33-12-10-31/h1-4,13-14,16,27H,5-12H2,(H,28,29,30). The van der Waals surface area contributed by atoms with E-state index in [0.29, 0.717) is 64.8 Å². The normalized spacial score (nSPS) is 17.1. The van der Waals surface area contributed by atoms with Gasteiger partial charge in [0.05, 0.1) is 28.8 Å². The lowest BCUT2D eigenvalue weighted by molar-refractivity contribution is 0.0303. The quantitative estimate of drug-likeness (QED) is 0.539. The fraction of sp³-hybridized carbons (Fsp3) is 0.375. The van der Waals surface area contributed by atoms with E-state index < -0.39 is 0 Å². The van der Waals surface area contributed by atoms with Gasteiger partial charge in [-0.15, -0.1) is 0 Å². The highest BCUT2D eigenvalue weighted by molar-refractivity contribution is 6.35. The second kappa shape index (κ2) is 10.3. The molecule has 5 rings (SSSR count). The Morgan fingerprint density at radius 1 is 1.12 bits per heavy atom. The molecule has 3 aromatic rings. The number of carbonyl (C=O) groups is 1. The second-order valence-corrected chi connectivity index (χ2v) is 9.11. The van der Waals surface area contributed by atoms with Crippen LogP contribution in [0.3, 0.4) is 0 Å². The molecular weight excluding hydrogens is 477 g/mol. The molecule has 0 atom stereocenters. The van der Waals surface area contributed by atoms with Gasteiger partial charge in [-0.1, -0.05) is 23.2 Å². The molecule has 178 valence electrons. The minimum absolute atomic E-state index is 0.101. The van der Waals surface area contributed by atoms with Gasteiger partial charge in [0.1, 0.15) is 17.4 Å². The maximum Gasteiger partial charge on any atom is 0.255 e. The Kier molecular flexibility index (Phi) is 7.01. The molecule has 0 unspecified atom stereocenters. The third kappa shape index (κ3) is 5.05. The Labute approximate surface area is 207 Å². The highest BCUT2D eigenvalue weighted by Crippen LogP contribution is 2.32. The first-order valence-electron chi connectivity index (χ1n) is 11.3. The first kappa shape index (κ1) is 23.1. The molecule has 2 aromatic carbocycles. The van der Waals surface area contributed by atoms with E-state index in [9.17, 15) is 4.79 Å². The topological polar surface area (TPSA) is 88.6 Å². The van der Waals surface area contributed by atoms with Gasteiger partial charge >= 0.3 is 0 Å². The van der Waals surface area contributed by atoms with Crippen LogP contribution in [0.25, 0.3) is 10.9 Å². The fourth-order valence-electron chi connectivity index (χ4n) is 4.14. The molecule has 10 heteroatoms. The summed E-state index contributed by atoms with van der Waals surface area (Å²) in [6.07, 6.45) is 3.69. The third-order valence-corrected chi connectivity index (χ3v) is 6.64. The van der Waals surface area contributed by atoms with Crippen LogP contribution in [0, 0.1) is 0 Å². The number of benzene rings is 2. The van der Waals surface area contributed by atoms with Gasteiger partial charge in [0, 0.05) is 30.4 Å².